The van der Waals surface area contributed by atoms with E-state index in [1.807, 2.05) is 49.4 Å². The molecule has 0 aliphatic carbocycles. The predicted molar refractivity (Wildman–Crippen MR) is 61.9 cm³/mol. The normalized spacial score (nSPS) is 11.6. The molecule has 0 aliphatic heterocycles. The van der Waals surface area contributed by atoms with Gasteiger partial charge in [0, 0.05) is 20.2 Å². The van der Waals surface area contributed by atoms with Crippen LogP contribution in [0.1, 0.15) is 12.5 Å². The molecule has 0 saturated carbocycles. The van der Waals surface area contributed by atoms with E-state index < -0.39 is 0 Å². The third kappa shape index (κ3) is 3.95. The molecule has 0 spiro atoms. The first kappa shape index (κ1) is 11.5. The lowest BCUT2D eigenvalue weighted by Gasteiger charge is -2.16. The molecule has 0 fully saturated rings. The highest BCUT2D eigenvalue weighted by Crippen LogP contribution is 2.10. The number of benzene rings is 1. The fraction of sp³-hybridized carbons (Fsp3) is 0.250. The highest BCUT2D eigenvalue weighted by Gasteiger charge is 2.02. The average Bonchev–Trinajstić information content (AvgIpc) is 2.17. The molecule has 0 amide bonds. The van der Waals surface area contributed by atoms with Gasteiger partial charge in [-0.1, -0.05) is 30.3 Å². The van der Waals surface area contributed by atoms with Crippen molar-refractivity contribution in [2.75, 3.05) is 14.1 Å². The van der Waals surface area contributed by atoms with Crippen molar-refractivity contribution in [2.24, 2.45) is 0 Å². The minimum absolute atomic E-state index is 0.0307. The second kappa shape index (κ2) is 5.32. The number of hydrogen-bond donors (Lipinski definition) is 1. The van der Waals surface area contributed by atoms with E-state index in [1.165, 1.54) is 0 Å². The summed E-state index contributed by atoms with van der Waals surface area (Å²) in [5, 5.41) is 1.81. The van der Waals surface area contributed by atoms with Gasteiger partial charge < -0.3 is 5.43 Å². The first-order valence-electron chi connectivity index (χ1n) is 4.81. The maximum atomic E-state index is 11.1. The van der Waals surface area contributed by atoms with Crippen LogP contribution in [0.3, 0.4) is 0 Å². The maximum Gasteiger partial charge on any atom is 0.154 e. The zero-order valence-electron chi connectivity index (χ0n) is 9.32. The Morgan fingerprint density at radius 2 is 1.87 bits per heavy atom. The summed E-state index contributed by atoms with van der Waals surface area (Å²) in [4.78, 5) is 11.1. The van der Waals surface area contributed by atoms with Crippen LogP contribution in [0.2, 0.25) is 0 Å². The number of carbonyl (C=O) groups excluding carboxylic acids is 1. The third-order valence-corrected chi connectivity index (χ3v) is 1.78. The van der Waals surface area contributed by atoms with Crippen LogP contribution in [-0.2, 0) is 4.79 Å². The summed E-state index contributed by atoms with van der Waals surface area (Å²) in [7, 11) is 3.77. The van der Waals surface area contributed by atoms with Gasteiger partial charge in [-0.15, -0.1) is 0 Å². The van der Waals surface area contributed by atoms with Crippen LogP contribution in [0, 0.1) is 0 Å². The molecule has 0 atom stereocenters. The Hall–Kier alpha value is -1.61. The van der Waals surface area contributed by atoms with Gasteiger partial charge in [0.1, 0.15) is 0 Å². The van der Waals surface area contributed by atoms with Crippen molar-refractivity contribution in [3.8, 4) is 0 Å². The minimum Gasteiger partial charge on any atom is -0.319 e. The number of hydrogen-bond acceptors (Lipinski definition) is 3. The van der Waals surface area contributed by atoms with E-state index in [2.05, 4.69) is 5.43 Å². The SMILES string of the molecule is CC(=O)/C=C(\NN(C)C)c1ccccc1. The van der Waals surface area contributed by atoms with E-state index in [9.17, 15) is 4.79 Å². The summed E-state index contributed by atoms with van der Waals surface area (Å²) in [6.45, 7) is 1.54. The van der Waals surface area contributed by atoms with Crippen molar-refractivity contribution in [2.45, 2.75) is 6.92 Å². The van der Waals surface area contributed by atoms with Crippen molar-refractivity contribution in [3.63, 3.8) is 0 Å². The van der Waals surface area contributed by atoms with Gasteiger partial charge in [-0.05, 0) is 12.5 Å². The molecule has 15 heavy (non-hydrogen) atoms. The Balaban J connectivity index is 2.97. The molecule has 1 aromatic carbocycles. The molecule has 1 N–H and O–H groups in total. The molecule has 0 aliphatic rings. The molecule has 80 valence electrons. The number of nitrogens with zero attached hydrogens (tertiary/aromatic N) is 1. The lowest BCUT2D eigenvalue weighted by molar-refractivity contribution is -0.112. The second-order valence-electron chi connectivity index (χ2n) is 3.54. The lowest BCUT2D eigenvalue weighted by Crippen LogP contribution is -2.29. The predicted octanol–water partition coefficient (Wildman–Crippen LogP) is 1.68. The lowest BCUT2D eigenvalue weighted by atomic mass is 10.1. The monoisotopic (exact) mass is 204 g/mol. The quantitative estimate of drug-likeness (QED) is 0.598. The van der Waals surface area contributed by atoms with Crippen LogP contribution >= 0.6 is 0 Å². The second-order valence-corrected chi connectivity index (χ2v) is 3.54. The third-order valence-electron chi connectivity index (χ3n) is 1.78. The van der Waals surface area contributed by atoms with Crippen LogP contribution < -0.4 is 5.43 Å². The fourth-order valence-electron chi connectivity index (χ4n) is 1.24. The van der Waals surface area contributed by atoms with Gasteiger partial charge in [0.05, 0.1) is 5.70 Å². The molecule has 0 saturated heterocycles. The van der Waals surface area contributed by atoms with Crippen molar-refractivity contribution < 1.29 is 4.79 Å². The number of ketones is 1. The molecule has 0 aromatic heterocycles. The smallest absolute Gasteiger partial charge is 0.154 e. The molecule has 3 heteroatoms. The molecule has 0 unspecified atom stereocenters. The molecule has 3 nitrogen and oxygen atoms in total. The largest absolute Gasteiger partial charge is 0.319 e. The summed E-state index contributed by atoms with van der Waals surface area (Å²) >= 11 is 0. The Labute approximate surface area is 90.4 Å². The molecule has 0 radical (unpaired) electrons. The van der Waals surface area contributed by atoms with Crippen molar-refractivity contribution in [3.05, 3.63) is 42.0 Å². The number of rotatable bonds is 4. The minimum atomic E-state index is 0.0307. The van der Waals surface area contributed by atoms with Gasteiger partial charge >= 0.3 is 0 Å². The van der Waals surface area contributed by atoms with Crippen LogP contribution in [0.4, 0.5) is 0 Å². The average molecular weight is 204 g/mol. The molecular weight excluding hydrogens is 188 g/mol. The Kier molecular flexibility index (Phi) is 4.06. The van der Waals surface area contributed by atoms with E-state index in [1.54, 1.807) is 13.0 Å². The summed E-state index contributed by atoms with van der Waals surface area (Å²) in [5.74, 6) is 0.0307. The van der Waals surface area contributed by atoms with Crippen LogP contribution in [0.5, 0.6) is 0 Å². The van der Waals surface area contributed by atoms with E-state index in [-0.39, 0.29) is 5.78 Å². The molecular formula is C12H16N2O. The first-order chi connectivity index (χ1) is 7.09. The highest BCUT2D eigenvalue weighted by atomic mass is 16.1. The Morgan fingerprint density at radius 1 is 1.27 bits per heavy atom. The van der Waals surface area contributed by atoms with E-state index in [4.69, 9.17) is 0 Å². The van der Waals surface area contributed by atoms with Crippen molar-refractivity contribution in [1.82, 2.24) is 10.4 Å². The maximum absolute atomic E-state index is 11.1. The number of nitrogens with one attached hydrogen (secondary N) is 1. The first-order valence-corrected chi connectivity index (χ1v) is 4.81. The number of allylic oxidation sites excluding steroid dienone is 1. The van der Waals surface area contributed by atoms with E-state index in [0.29, 0.717) is 0 Å². The van der Waals surface area contributed by atoms with Gasteiger partial charge in [-0.25, -0.2) is 5.01 Å². The number of carbonyl (C=O) groups is 1. The van der Waals surface area contributed by atoms with E-state index in [0.717, 1.165) is 11.3 Å². The van der Waals surface area contributed by atoms with Gasteiger partial charge in [-0.3, -0.25) is 4.79 Å². The Morgan fingerprint density at radius 3 is 2.33 bits per heavy atom. The van der Waals surface area contributed by atoms with Gasteiger partial charge in [0.25, 0.3) is 0 Å². The van der Waals surface area contributed by atoms with Gasteiger partial charge in [0.15, 0.2) is 5.78 Å². The van der Waals surface area contributed by atoms with Crippen molar-refractivity contribution in [1.29, 1.82) is 0 Å². The topological polar surface area (TPSA) is 32.3 Å². The Bertz CT molecular complexity index is 355. The molecule has 1 rings (SSSR count). The van der Waals surface area contributed by atoms with Gasteiger partial charge in [0.2, 0.25) is 0 Å². The fourth-order valence-corrected chi connectivity index (χ4v) is 1.24. The summed E-state index contributed by atoms with van der Waals surface area (Å²) in [5.41, 5.74) is 4.92. The molecule has 0 heterocycles. The zero-order valence-corrected chi connectivity index (χ0v) is 9.32. The number of hydrazine groups is 1. The summed E-state index contributed by atoms with van der Waals surface area (Å²) in [6, 6.07) is 9.77. The zero-order chi connectivity index (χ0) is 11.3. The van der Waals surface area contributed by atoms with Crippen molar-refractivity contribution >= 4 is 11.5 Å². The summed E-state index contributed by atoms with van der Waals surface area (Å²) < 4.78 is 0. The highest BCUT2D eigenvalue weighted by molar-refractivity contribution is 5.94. The van der Waals surface area contributed by atoms with Crippen LogP contribution in [0.25, 0.3) is 5.70 Å². The van der Waals surface area contributed by atoms with E-state index >= 15 is 0 Å². The molecule has 0 bridgehead atoms. The van der Waals surface area contributed by atoms with Gasteiger partial charge in [-0.2, -0.15) is 0 Å². The van der Waals surface area contributed by atoms with Crippen LogP contribution in [0.15, 0.2) is 36.4 Å². The van der Waals surface area contributed by atoms with Crippen LogP contribution in [-0.4, -0.2) is 24.9 Å². The molecule has 1 aromatic rings. The summed E-state index contributed by atoms with van der Waals surface area (Å²) in [6.07, 6.45) is 1.59. The standard InChI is InChI=1S/C12H16N2O/c1-10(15)9-12(13-14(2)3)11-7-5-4-6-8-11/h4-9,13H,1-3H3/b12-9-.